The lowest BCUT2D eigenvalue weighted by atomic mass is 9.96. The van der Waals surface area contributed by atoms with Crippen molar-refractivity contribution in [2.75, 3.05) is 36.4 Å². The van der Waals surface area contributed by atoms with E-state index in [1.54, 1.807) is 4.90 Å². The van der Waals surface area contributed by atoms with Gasteiger partial charge in [-0.15, -0.1) is 0 Å². The second-order valence-electron chi connectivity index (χ2n) is 8.82. The predicted molar refractivity (Wildman–Crippen MR) is 128 cm³/mol. The summed E-state index contributed by atoms with van der Waals surface area (Å²) in [6.07, 6.45) is 10.1. The van der Waals surface area contributed by atoms with E-state index >= 15 is 0 Å². The molecule has 0 unspecified atom stereocenters. The van der Waals surface area contributed by atoms with Crippen molar-refractivity contribution in [3.63, 3.8) is 0 Å². The topological polar surface area (TPSA) is 90.1 Å². The number of carbonyl (C=O) groups excluding carboxylic acids is 1. The molecule has 0 radical (unpaired) electrons. The lowest BCUT2D eigenvalue weighted by Gasteiger charge is -2.36. The highest BCUT2D eigenvalue weighted by atomic mass is 16.2. The first kappa shape index (κ1) is 21.3. The molecule has 1 aromatic carbocycles. The smallest absolute Gasteiger partial charge is 0.236 e. The van der Waals surface area contributed by atoms with Crippen LogP contribution in [0.15, 0.2) is 42.7 Å². The van der Waals surface area contributed by atoms with Crippen LogP contribution in [0.1, 0.15) is 38.5 Å². The number of piperazine rings is 1. The fourth-order valence-electron chi connectivity index (χ4n) is 4.99. The first-order chi connectivity index (χ1) is 16.2. The van der Waals surface area contributed by atoms with Gasteiger partial charge in [0.25, 0.3) is 0 Å². The first-order valence-corrected chi connectivity index (χ1v) is 11.8. The molecule has 1 amide bonds. The van der Waals surface area contributed by atoms with Gasteiger partial charge in [-0.1, -0.05) is 25.3 Å². The third-order valence-electron chi connectivity index (χ3n) is 6.74. The van der Waals surface area contributed by atoms with Crippen molar-refractivity contribution >= 4 is 28.4 Å². The van der Waals surface area contributed by atoms with Crippen molar-refractivity contribution in [2.45, 2.75) is 44.6 Å². The number of aromatic nitrogens is 3. The Balaban J connectivity index is 1.36. The summed E-state index contributed by atoms with van der Waals surface area (Å²) in [4.78, 5) is 25.4. The van der Waals surface area contributed by atoms with E-state index in [0.717, 1.165) is 35.5 Å². The summed E-state index contributed by atoms with van der Waals surface area (Å²) in [6.45, 7) is 2.79. The molecule has 1 aliphatic heterocycles. The Morgan fingerprint density at radius 3 is 2.70 bits per heavy atom. The van der Waals surface area contributed by atoms with Crippen LogP contribution in [0.2, 0.25) is 0 Å². The summed E-state index contributed by atoms with van der Waals surface area (Å²) in [7, 11) is 0. The molecule has 2 aliphatic rings. The highest BCUT2D eigenvalue weighted by Gasteiger charge is 2.22. The van der Waals surface area contributed by atoms with Crippen LogP contribution in [0.25, 0.3) is 16.7 Å². The van der Waals surface area contributed by atoms with E-state index in [1.165, 1.54) is 32.1 Å². The van der Waals surface area contributed by atoms with Crippen LogP contribution < -0.4 is 10.2 Å². The van der Waals surface area contributed by atoms with Crippen LogP contribution in [-0.4, -0.2) is 57.6 Å². The normalized spacial score (nSPS) is 17.2. The van der Waals surface area contributed by atoms with Crippen LogP contribution in [0.5, 0.6) is 0 Å². The summed E-state index contributed by atoms with van der Waals surface area (Å²) in [5.41, 5.74) is 2.26. The average Bonchev–Trinajstić information content (AvgIpc) is 3.30. The minimum atomic E-state index is -0.0806. The number of rotatable bonds is 5. The summed E-state index contributed by atoms with van der Waals surface area (Å²) in [6, 6.07) is 12.8. The molecule has 3 heterocycles. The van der Waals surface area contributed by atoms with Gasteiger partial charge in [-0.05, 0) is 37.1 Å². The monoisotopic (exact) mass is 443 g/mol. The number of hydrogen-bond acceptors (Lipinski definition) is 6. The van der Waals surface area contributed by atoms with E-state index in [9.17, 15) is 4.79 Å². The van der Waals surface area contributed by atoms with Crippen molar-refractivity contribution < 1.29 is 4.79 Å². The Morgan fingerprint density at radius 1 is 1.09 bits per heavy atom. The summed E-state index contributed by atoms with van der Waals surface area (Å²) in [5.74, 6) is 1.46. The Labute approximate surface area is 193 Å². The molecule has 1 saturated carbocycles. The van der Waals surface area contributed by atoms with E-state index in [-0.39, 0.29) is 12.3 Å². The van der Waals surface area contributed by atoms with Gasteiger partial charge in [0, 0.05) is 55.7 Å². The zero-order valence-electron chi connectivity index (χ0n) is 18.8. The molecule has 170 valence electrons. The number of anilines is 2. The van der Waals surface area contributed by atoms with Gasteiger partial charge in [-0.25, -0.2) is 4.98 Å². The SMILES string of the molecule is N#CCC(=O)N1CCN(c2cccc3c2ccn3-c2ccnc(NC3CCCCC3)n2)CC1. The lowest BCUT2D eigenvalue weighted by molar-refractivity contribution is -0.130. The van der Waals surface area contributed by atoms with Crippen LogP contribution in [0, 0.1) is 11.3 Å². The van der Waals surface area contributed by atoms with Crippen molar-refractivity contribution in [1.82, 2.24) is 19.4 Å². The standard InChI is InChI=1S/C25H29N7O/c26-12-9-24(33)31-17-15-30(16-18-31)21-7-4-8-22-20(21)11-14-32(22)23-10-13-27-25(29-23)28-19-5-2-1-3-6-19/h4,7-8,10-11,13-14,19H,1-3,5-6,9,15-18H2,(H,27,28,29). The molecule has 2 fully saturated rings. The molecule has 0 spiro atoms. The molecular formula is C25H29N7O. The van der Waals surface area contributed by atoms with Crippen molar-refractivity contribution in [3.8, 4) is 11.9 Å². The molecule has 1 saturated heterocycles. The third kappa shape index (κ3) is 4.49. The van der Waals surface area contributed by atoms with Crippen molar-refractivity contribution in [3.05, 3.63) is 42.7 Å². The lowest BCUT2D eigenvalue weighted by Crippen LogP contribution is -2.48. The van der Waals surface area contributed by atoms with Gasteiger partial charge in [0.05, 0.1) is 11.6 Å². The highest BCUT2D eigenvalue weighted by molar-refractivity contribution is 5.94. The number of hydrogen-bond donors (Lipinski definition) is 1. The van der Waals surface area contributed by atoms with Crippen LogP contribution in [0.4, 0.5) is 11.6 Å². The van der Waals surface area contributed by atoms with Crippen molar-refractivity contribution in [2.24, 2.45) is 0 Å². The maximum absolute atomic E-state index is 12.0. The second-order valence-corrected chi connectivity index (χ2v) is 8.82. The molecule has 0 atom stereocenters. The predicted octanol–water partition coefficient (Wildman–Crippen LogP) is 3.73. The fourth-order valence-corrected chi connectivity index (χ4v) is 4.99. The van der Waals surface area contributed by atoms with Gasteiger partial charge >= 0.3 is 0 Å². The van der Waals surface area contributed by atoms with E-state index in [0.29, 0.717) is 25.1 Å². The van der Waals surface area contributed by atoms with Gasteiger partial charge in [-0.3, -0.25) is 4.79 Å². The Morgan fingerprint density at radius 2 is 1.91 bits per heavy atom. The van der Waals surface area contributed by atoms with Crippen LogP contribution >= 0.6 is 0 Å². The molecule has 1 N–H and O–H groups in total. The van der Waals surface area contributed by atoms with E-state index < -0.39 is 0 Å². The summed E-state index contributed by atoms with van der Waals surface area (Å²) in [5, 5.41) is 13.5. The van der Waals surface area contributed by atoms with E-state index in [2.05, 4.69) is 50.2 Å². The molecule has 8 nitrogen and oxygen atoms in total. The van der Waals surface area contributed by atoms with Gasteiger partial charge in [0.15, 0.2) is 0 Å². The average molecular weight is 444 g/mol. The first-order valence-electron chi connectivity index (χ1n) is 11.8. The number of carbonyl (C=O) groups is 1. The second kappa shape index (κ2) is 9.49. The van der Waals surface area contributed by atoms with Crippen LogP contribution in [-0.2, 0) is 4.79 Å². The zero-order valence-corrected chi connectivity index (χ0v) is 18.8. The number of amides is 1. The molecule has 5 rings (SSSR count). The number of benzene rings is 1. The molecular weight excluding hydrogens is 414 g/mol. The molecule has 2 aromatic heterocycles. The number of nitriles is 1. The quantitative estimate of drug-likeness (QED) is 0.646. The molecule has 0 bridgehead atoms. The minimum Gasteiger partial charge on any atom is -0.367 e. The van der Waals surface area contributed by atoms with Gasteiger partial charge in [0.2, 0.25) is 11.9 Å². The number of nitrogens with zero attached hydrogens (tertiary/aromatic N) is 6. The number of nitrogens with one attached hydrogen (secondary N) is 1. The van der Waals surface area contributed by atoms with Gasteiger partial charge in [-0.2, -0.15) is 10.2 Å². The molecule has 3 aromatic rings. The van der Waals surface area contributed by atoms with Gasteiger partial charge < -0.3 is 19.7 Å². The largest absolute Gasteiger partial charge is 0.367 e. The van der Waals surface area contributed by atoms with E-state index in [1.807, 2.05) is 18.3 Å². The third-order valence-corrected chi connectivity index (χ3v) is 6.74. The number of fused-ring (bicyclic) bond motifs is 1. The van der Waals surface area contributed by atoms with E-state index in [4.69, 9.17) is 10.2 Å². The Bertz CT molecular complexity index is 1170. The zero-order chi connectivity index (χ0) is 22.6. The maximum Gasteiger partial charge on any atom is 0.236 e. The highest BCUT2D eigenvalue weighted by Crippen LogP contribution is 2.30. The summed E-state index contributed by atoms with van der Waals surface area (Å²) >= 11 is 0. The minimum absolute atomic E-state index is 0.0467. The Hall–Kier alpha value is -3.60. The molecule has 8 heteroatoms. The summed E-state index contributed by atoms with van der Waals surface area (Å²) < 4.78 is 2.11. The van der Waals surface area contributed by atoms with Gasteiger partial charge in [0.1, 0.15) is 12.2 Å². The molecule has 33 heavy (non-hydrogen) atoms. The van der Waals surface area contributed by atoms with Crippen LogP contribution in [0.3, 0.4) is 0 Å². The molecule has 1 aliphatic carbocycles. The Kier molecular flexibility index (Phi) is 6.11. The fraction of sp³-hybridized carbons (Fsp3) is 0.440. The van der Waals surface area contributed by atoms with Crippen molar-refractivity contribution in [1.29, 1.82) is 5.26 Å². The maximum atomic E-state index is 12.0.